The molecule has 0 aliphatic heterocycles. The van der Waals surface area contributed by atoms with Gasteiger partial charge in [-0.05, 0) is 13.3 Å². The second-order valence-corrected chi connectivity index (χ2v) is 2.93. The number of hydrazine groups is 1. The Morgan fingerprint density at radius 1 is 1.67 bits per heavy atom. The predicted octanol–water partition coefficient (Wildman–Crippen LogP) is 0.725. The maximum Gasteiger partial charge on any atom is 0.223 e. The van der Waals surface area contributed by atoms with E-state index in [4.69, 9.17) is 17.0 Å². The number of hydrogen-bond donors (Lipinski definition) is 2. The van der Waals surface area contributed by atoms with Gasteiger partial charge in [-0.15, -0.1) is 6.42 Å². The van der Waals surface area contributed by atoms with Crippen LogP contribution in [0, 0.1) is 12.3 Å². The van der Waals surface area contributed by atoms with Gasteiger partial charge in [0.15, 0.2) is 6.10 Å². The highest BCUT2D eigenvalue weighted by atomic mass is 16.5. The average molecular weight is 206 g/mol. The molecule has 0 amide bonds. The molecule has 1 aromatic rings. The average Bonchev–Trinajstić information content (AvgIpc) is 2.28. The van der Waals surface area contributed by atoms with E-state index >= 15 is 0 Å². The lowest BCUT2D eigenvalue weighted by Crippen LogP contribution is -2.15. The van der Waals surface area contributed by atoms with Crippen molar-refractivity contribution in [2.75, 3.05) is 5.43 Å². The lowest BCUT2D eigenvalue weighted by molar-refractivity contribution is 0.264. The molecule has 0 radical (unpaired) electrons. The Morgan fingerprint density at radius 2 is 2.40 bits per heavy atom. The van der Waals surface area contributed by atoms with Gasteiger partial charge in [-0.2, -0.15) is 0 Å². The largest absolute Gasteiger partial charge is 0.461 e. The van der Waals surface area contributed by atoms with Crippen LogP contribution in [-0.2, 0) is 6.42 Å². The molecule has 15 heavy (non-hydrogen) atoms. The first-order valence-electron chi connectivity index (χ1n) is 4.66. The van der Waals surface area contributed by atoms with Crippen LogP contribution < -0.4 is 16.0 Å². The topological polar surface area (TPSA) is 73.1 Å². The smallest absolute Gasteiger partial charge is 0.223 e. The highest BCUT2D eigenvalue weighted by molar-refractivity contribution is 5.47. The third-order valence-corrected chi connectivity index (χ3v) is 1.92. The van der Waals surface area contributed by atoms with Crippen molar-refractivity contribution < 1.29 is 4.74 Å². The standard InChI is InChI=1S/C10H14N4O/c1-4-7(3)15-10-8(5-2)9(14-11)12-6-13-10/h1,6-7H,5,11H2,2-3H3,(H,12,13,14). The fraction of sp³-hybridized carbons (Fsp3) is 0.400. The molecular weight excluding hydrogens is 192 g/mol. The Hall–Kier alpha value is -1.80. The number of terminal acetylenes is 1. The molecule has 0 aromatic carbocycles. The summed E-state index contributed by atoms with van der Waals surface area (Å²) in [6, 6.07) is 0. The molecule has 0 aliphatic rings. The first-order chi connectivity index (χ1) is 7.22. The molecule has 1 heterocycles. The van der Waals surface area contributed by atoms with Crippen molar-refractivity contribution in [2.24, 2.45) is 5.84 Å². The molecule has 0 spiro atoms. The van der Waals surface area contributed by atoms with Gasteiger partial charge in [0.05, 0.1) is 5.56 Å². The molecule has 1 atom stereocenters. The van der Waals surface area contributed by atoms with Gasteiger partial charge in [-0.1, -0.05) is 12.8 Å². The summed E-state index contributed by atoms with van der Waals surface area (Å²) in [5.41, 5.74) is 3.32. The van der Waals surface area contributed by atoms with Crippen LogP contribution in [-0.4, -0.2) is 16.1 Å². The van der Waals surface area contributed by atoms with E-state index in [0.717, 1.165) is 5.56 Å². The summed E-state index contributed by atoms with van der Waals surface area (Å²) in [5, 5.41) is 0. The zero-order valence-corrected chi connectivity index (χ0v) is 8.82. The highest BCUT2D eigenvalue weighted by Crippen LogP contribution is 2.22. The molecule has 0 fully saturated rings. The number of nitrogens with zero attached hydrogens (tertiary/aromatic N) is 2. The second kappa shape index (κ2) is 5.17. The van der Waals surface area contributed by atoms with E-state index in [1.807, 2.05) is 6.92 Å². The summed E-state index contributed by atoms with van der Waals surface area (Å²) < 4.78 is 5.45. The van der Waals surface area contributed by atoms with Gasteiger partial charge in [0.2, 0.25) is 5.88 Å². The van der Waals surface area contributed by atoms with E-state index in [0.29, 0.717) is 18.1 Å². The molecule has 3 N–H and O–H groups in total. The minimum absolute atomic E-state index is 0.323. The molecular formula is C10H14N4O. The minimum atomic E-state index is -0.323. The minimum Gasteiger partial charge on any atom is -0.461 e. The Kier molecular flexibility index (Phi) is 3.89. The number of nitrogen functional groups attached to an aromatic ring is 1. The van der Waals surface area contributed by atoms with Crippen LogP contribution in [0.2, 0.25) is 0 Å². The molecule has 1 rings (SSSR count). The van der Waals surface area contributed by atoms with Gasteiger partial charge in [0, 0.05) is 0 Å². The fourth-order valence-electron chi connectivity index (χ4n) is 1.14. The summed E-state index contributed by atoms with van der Waals surface area (Å²) in [6.07, 6.45) is 7.00. The Morgan fingerprint density at radius 3 is 2.93 bits per heavy atom. The lowest BCUT2D eigenvalue weighted by Gasteiger charge is -2.13. The van der Waals surface area contributed by atoms with Crippen LogP contribution in [0.25, 0.3) is 0 Å². The van der Waals surface area contributed by atoms with Crippen molar-refractivity contribution >= 4 is 5.82 Å². The van der Waals surface area contributed by atoms with Crippen LogP contribution in [0.4, 0.5) is 5.82 Å². The van der Waals surface area contributed by atoms with E-state index in [2.05, 4.69) is 21.3 Å². The molecule has 1 unspecified atom stereocenters. The molecule has 0 saturated heterocycles. The van der Waals surface area contributed by atoms with Gasteiger partial charge in [0.25, 0.3) is 0 Å². The van der Waals surface area contributed by atoms with Gasteiger partial charge >= 0.3 is 0 Å². The van der Waals surface area contributed by atoms with Crippen molar-refractivity contribution in [1.29, 1.82) is 0 Å². The Labute approximate surface area is 89.0 Å². The monoisotopic (exact) mass is 206 g/mol. The molecule has 5 heteroatoms. The number of ether oxygens (including phenoxy) is 1. The van der Waals surface area contributed by atoms with Crippen LogP contribution in [0.5, 0.6) is 5.88 Å². The van der Waals surface area contributed by atoms with Crippen molar-refractivity contribution in [3.05, 3.63) is 11.9 Å². The van der Waals surface area contributed by atoms with Crippen LogP contribution in [0.3, 0.4) is 0 Å². The first kappa shape index (κ1) is 11.3. The predicted molar refractivity (Wildman–Crippen MR) is 58.1 cm³/mol. The van der Waals surface area contributed by atoms with Gasteiger partial charge in [-0.3, -0.25) is 0 Å². The summed E-state index contributed by atoms with van der Waals surface area (Å²) in [4.78, 5) is 8.00. The van der Waals surface area contributed by atoms with Crippen molar-refractivity contribution in [3.8, 4) is 18.2 Å². The number of aromatic nitrogens is 2. The van der Waals surface area contributed by atoms with Crippen molar-refractivity contribution in [2.45, 2.75) is 26.4 Å². The van der Waals surface area contributed by atoms with Gasteiger partial charge < -0.3 is 10.2 Å². The maximum atomic E-state index is 5.45. The molecule has 0 saturated carbocycles. The van der Waals surface area contributed by atoms with Crippen LogP contribution in [0.15, 0.2) is 6.33 Å². The highest BCUT2D eigenvalue weighted by Gasteiger charge is 2.11. The molecule has 1 aromatic heterocycles. The summed E-state index contributed by atoms with van der Waals surface area (Å²) in [7, 11) is 0. The van der Waals surface area contributed by atoms with Crippen LogP contribution >= 0.6 is 0 Å². The molecule has 80 valence electrons. The second-order valence-electron chi connectivity index (χ2n) is 2.93. The summed E-state index contributed by atoms with van der Waals surface area (Å²) in [5.74, 6) is 8.83. The third-order valence-electron chi connectivity index (χ3n) is 1.92. The SMILES string of the molecule is C#CC(C)Oc1ncnc(NN)c1CC. The van der Waals surface area contributed by atoms with E-state index in [1.54, 1.807) is 6.92 Å². The maximum absolute atomic E-state index is 5.45. The number of anilines is 1. The van der Waals surface area contributed by atoms with E-state index in [1.165, 1.54) is 6.33 Å². The molecule has 0 aliphatic carbocycles. The summed E-state index contributed by atoms with van der Waals surface area (Å²) >= 11 is 0. The van der Waals surface area contributed by atoms with Gasteiger partial charge in [-0.25, -0.2) is 15.8 Å². The van der Waals surface area contributed by atoms with Crippen molar-refractivity contribution in [1.82, 2.24) is 9.97 Å². The Bertz CT molecular complexity index is 372. The normalized spacial score (nSPS) is 11.6. The zero-order chi connectivity index (χ0) is 11.3. The number of rotatable bonds is 4. The summed E-state index contributed by atoms with van der Waals surface area (Å²) in [6.45, 7) is 3.74. The quantitative estimate of drug-likeness (QED) is 0.431. The number of hydrogen-bond acceptors (Lipinski definition) is 5. The van der Waals surface area contributed by atoms with Crippen molar-refractivity contribution in [3.63, 3.8) is 0 Å². The Balaban J connectivity index is 3.02. The number of nitrogens with one attached hydrogen (secondary N) is 1. The lowest BCUT2D eigenvalue weighted by atomic mass is 10.2. The molecule has 0 bridgehead atoms. The van der Waals surface area contributed by atoms with E-state index in [-0.39, 0.29) is 6.10 Å². The van der Waals surface area contributed by atoms with E-state index in [9.17, 15) is 0 Å². The zero-order valence-electron chi connectivity index (χ0n) is 8.82. The first-order valence-corrected chi connectivity index (χ1v) is 4.66. The molecule has 5 nitrogen and oxygen atoms in total. The fourth-order valence-corrected chi connectivity index (χ4v) is 1.14. The van der Waals surface area contributed by atoms with E-state index < -0.39 is 0 Å². The number of nitrogens with two attached hydrogens (primary N) is 1. The van der Waals surface area contributed by atoms with Gasteiger partial charge in [0.1, 0.15) is 12.1 Å². The van der Waals surface area contributed by atoms with Crippen LogP contribution in [0.1, 0.15) is 19.4 Å². The third kappa shape index (κ3) is 2.58.